The van der Waals surface area contributed by atoms with Gasteiger partial charge in [0.15, 0.2) is 0 Å². The summed E-state index contributed by atoms with van der Waals surface area (Å²) in [5.74, 6) is 0.715. The minimum absolute atomic E-state index is 0.612. The first-order valence-corrected chi connectivity index (χ1v) is 8.57. The Balaban J connectivity index is 1.46. The van der Waals surface area contributed by atoms with Crippen LogP contribution in [-0.4, -0.2) is 12.6 Å². The summed E-state index contributed by atoms with van der Waals surface area (Å²) in [7, 11) is 0. The number of benzene rings is 1. The van der Waals surface area contributed by atoms with Crippen molar-refractivity contribution < 1.29 is 0 Å². The summed E-state index contributed by atoms with van der Waals surface area (Å²) in [6, 6.07) is 9.11. The zero-order valence-corrected chi connectivity index (χ0v) is 13.3. The minimum Gasteiger partial charge on any atom is -0.313 e. The SMILES string of the molecule is CCC1(CNC2CC(c3cccc(Cl)c3)C2)CCCC1. The maximum Gasteiger partial charge on any atom is 0.0408 e. The molecule has 0 spiro atoms. The van der Waals surface area contributed by atoms with Crippen LogP contribution in [0.15, 0.2) is 24.3 Å². The fourth-order valence-corrected chi connectivity index (χ4v) is 4.16. The molecule has 2 saturated carbocycles. The predicted octanol–water partition coefficient (Wildman–Crippen LogP) is 5.15. The number of hydrogen-bond donors (Lipinski definition) is 1. The number of hydrogen-bond acceptors (Lipinski definition) is 1. The summed E-state index contributed by atoms with van der Waals surface area (Å²) < 4.78 is 0. The van der Waals surface area contributed by atoms with E-state index in [0.717, 1.165) is 11.1 Å². The van der Waals surface area contributed by atoms with Crippen LogP contribution in [0.2, 0.25) is 5.02 Å². The van der Waals surface area contributed by atoms with Crippen molar-refractivity contribution in [2.24, 2.45) is 5.41 Å². The first-order valence-electron chi connectivity index (χ1n) is 8.20. The lowest BCUT2D eigenvalue weighted by Crippen LogP contribution is -2.44. The summed E-state index contributed by atoms with van der Waals surface area (Å²) in [5.41, 5.74) is 2.03. The van der Waals surface area contributed by atoms with Gasteiger partial charge >= 0.3 is 0 Å². The fraction of sp³-hybridized carbons (Fsp3) is 0.667. The standard InChI is InChI=1S/C18H26ClN/c1-2-18(8-3-4-9-18)13-20-17-11-15(12-17)14-6-5-7-16(19)10-14/h5-7,10,15,17,20H,2-4,8-9,11-13H2,1H3. The fourth-order valence-electron chi connectivity index (χ4n) is 3.96. The van der Waals surface area contributed by atoms with E-state index in [1.807, 2.05) is 6.07 Å². The van der Waals surface area contributed by atoms with E-state index in [4.69, 9.17) is 11.6 Å². The van der Waals surface area contributed by atoms with E-state index in [-0.39, 0.29) is 0 Å². The number of nitrogens with one attached hydrogen (secondary N) is 1. The summed E-state index contributed by atoms with van der Waals surface area (Å²) in [5, 5.41) is 4.70. The first-order chi connectivity index (χ1) is 9.71. The van der Waals surface area contributed by atoms with Gasteiger partial charge < -0.3 is 5.32 Å². The molecule has 0 bridgehead atoms. The highest BCUT2D eigenvalue weighted by Gasteiger charge is 2.35. The molecule has 2 heteroatoms. The van der Waals surface area contributed by atoms with Crippen LogP contribution in [0.3, 0.4) is 0 Å². The van der Waals surface area contributed by atoms with Crippen molar-refractivity contribution in [2.45, 2.75) is 63.8 Å². The van der Waals surface area contributed by atoms with Gasteiger partial charge in [-0.05, 0) is 61.1 Å². The molecule has 110 valence electrons. The van der Waals surface area contributed by atoms with E-state index in [9.17, 15) is 0 Å². The van der Waals surface area contributed by atoms with Gasteiger partial charge in [0, 0.05) is 17.6 Å². The van der Waals surface area contributed by atoms with Gasteiger partial charge in [0.05, 0.1) is 0 Å². The Labute approximate surface area is 128 Å². The molecule has 3 rings (SSSR count). The van der Waals surface area contributed by atoms with Crippen molar-refractivity contribution in [2.75, 3.05) is 6.54 Å². The molecule has 0 heterocycles. The van der Waals surface area contributed by atoms with Gasteiger partial charge in [-0.2, -0.15) is 0 Å². The van der Waals surface area contributed by atoms with E-state index in [2.05, 4.69) is 30.4 Å². The van der Waals surface area contributed by atoms with E-state index >= 15 is 0 Å². The molecule has 1 aromatic carbocycles. The van der Waals surface area contributed by atoms with Crippen LogP contribution >= 0.6 is 11.6 Å². The van der Waals surface area contributed by atoms with E-state index in [1.54, 1.807) is 0 Å². The average Bonchev–Trinajstić information content (AvgIpc) is 2.86. The minimum atomic E-state index is 0.612. The van der Waals surface area contributed by atoms with Gasteiger partial charge in [0.1, 0.15) is 0 Å². The van der Waals surface area contributed by atoms with E-state index in [1.165, 1.54) is 57.1 Å². The van der Waals surface area contributed by atoms with Crippen LogP contribution in [0, 0.1) is 5.41 Å². The highest BCUT2D eigenvalue weighted by Crippen LogP contribution is 2.42. The lowest BCUT2D eigenvalue weighted by molar-refractivity contribution is 0.213. The molecule has 1 aromatic rings. The molecule has 0 unspecified atom stereocenters. The third kappa shape index (κ3) is 3.04. The van der Waals surface area contributed by atoms with Crippen LogP contribution < -0.4 is 5.32 Å². The molecule has 0 amide bonds. The van der Waals surface area contributed by atoms with Gasteiger partial charge in [-0.3, -0.25) is 0 Å². The van der Waals surface area contributed by atoms with Crippen LogP contribution in [0.1, 0.15) is 63.4 Å². The van der Waals surface area contributed by atoms with Crippen molar-refractivity contribution in [3.05, 3.63) is 34.9 Å². The van der Waals surface area contributed by atoms with Gasteiger partial charge in [-0.1, -0.05) is 43.5 Å². The van der Waals surface area contributed by atoms with Crippen molar-refractivity contribution in [3.63, 3.8) is 0 Å². The molecule has 0 radical (unpaired) electrons. The molecule has 0 saturated heterocycles. The highest BCUT2D eigenvalue weighted by atomic mass is 35.5. The zero-order chi connectivity index (χ0) is 14.0. The second-order valence-corrected chi connectivity index (χ2v) is 7.30. The lowest BCUT2D eigenvalue weighted by Gasteiger charge is -2.39. The third-order valence-electron chi connectivity index (χ3n) is 5.64. The van der Waals surface area contributed by atoms with Gasteiger partial charge in [0.2, 0.25) is 0 Å². The van der Waals surface area contributed by atoms with E-state index < -0.39 is 0 Å². The monoisotopic (exact) mass is 291 g/mol. The molecular weight excluding hydrogens is 266 g/mol. The summed E-state index contributed by atoms with van der Waals surface area (Å²) in [4.78, 5) is 0. The molecule has 1 nitrogen and oxygen atoms in total. The topological polar surface area (TPSA) is 12.0 Å². The first kappa shape index (κ1) is 14.4. The predicted molar refractivity (Wildman–Crippen MR) is 86.4 cm³/mol. The normalized spacial score (nSPS) is 28.3. The van der Waals surface area contributed by atoms with Crippen LogP contribution in [0.5, 0.6) is 0 Å². The number of halogens is 1. The molecule has 2 fully saturated rings. The van der Waals surface area contributed by atoms with Gasteiger partial charge in [-0.15, -0.1) is 0 Å². The van der Waals surface area contributed by atoms with Gasteiger partial charge in [0.25, 0.3) is 0 Å². The maximum atomic E-state index is 6.08. The van der Waals surface area contributed by atoms with Crippen molar-refractivity contribution >= 4 is 11.6 Å². The Morgan fingerprint density at radius 2 is 2.00 bits per heavy atom. The molecular formula is C18H26ClN. The van der Waals surface area contributed by atoms with Crippen LogP contribution in [0.4, 0.5) is 0 Å². The maximum absolute atomic E-state index is 6.08. The molecule has 1 N–H and O–H groups in total. The zero-order valence-electron chi connectivity index (χ0n) is 12.5. The molecule has 0 aliphatic heterocycles. The third-order valence-corrected chi connectivity index (χ3v) is 5.87. The molecule has 0 atom stereocenters. The van der Waals surface area contributed by atoms with Crippen molar-refractivity contribution in [1.29, 1.82) is 0 Å². The summed E-state index contributed by atoms with van der Waals surface area (Å²) in [6.07, 6.45) is 9.63. The quantitative estimate of drug-likeness (QED) is 0.791. The Hall–Kier alpha value is -0.530. The molecule has 0 aromatic heterocycles. The average molecular weight is 292 g/mol. The second-order valence-electron chi connectivity index (χ2n) is 6.86. The second kappa shape index (κ2) is 6.07. The largest absolute Gasteiger partial charge is 0.313 e. The molecule has 2 aliphatic rings. The van der Waals surface area contributed by atoms with Gasteiger partial charge in [-0.25, -0.2) is 0 Å². The van der Waals surface area contributed by atoms with Crippen molar-refractivity contribution in [3.8, 4) is 0 Å². The molecule has 2 aliphatic carbocycles. The lowest BCUT2D eigenvalue weighted by atomic mass is 9.75. The smallest absolute Gasteiger partial charge is 0.0408 e. The van der Waals surface area contributed by atoms with Crippen LogP contribution in [-0.2, 0) is 0 Å². The number of rotatable bonds is 5. The molecule has 20 heavy (non-hydrogen) atoms. The Morgan fingerprint density at radius 1 is 1.25 bits per heavy atom. The Morgan fingerprint density at radius 3 is 2.65 bits per heavy atom. The summed E-state index contributed by atoms with van der Waals surface area (Å²) in [6.45, 7) is 3.60. The Bertz CT molecular complexity index is 444. The van der Waals surface area contributed by atoms with E-state index in [0.29, 0.717) is 11.3 Å². The van der Waals surface area contributed by atoms with Crippen LogP contribution in [0.25, 0.3) is 0 Å². The highest BCUT2D eigenvalue weighted by molar-refractivity contribution is 6.30. The summed E-state index contributed by atoms with van der Waals surface area (Å²) >= 11 is 6.08. The van der Waals surface area contributed by atoms with Crippen molar-refractivity contribution in [1.82, 2.24) is 5.32 Å². The Kier molecular flexibility index (Phi) is 4.37.